The van der Waals surface area contributed by atoms with Gasteiger partial charge >= 0.3 is 0 Å². The summed E-state index contributed by atoms with van der Waals surface area (Å²) in [4.78, 5) is 14.1. The number of piperidine rings is 1. The molecule has 0 atom stereocenters. The Morgan fingerprint density at radius 3 is 2.32 bits per heavy atom. The maximum atomic E-state index is 5.80. The number of anilines is 2. The van der Waals surface area contributed by atoms with Crippen LogP contribution in [-0.2, 0) is 9.47 Å². The van der Waals surface area contributed by atoms with Gasteiger partial charge in [0.2, 0.25) is 5.95 Å². The molecule has 6 nitrogen and oxygen atoms in total. The molecule has 1 spiro atoms. The van der Waals surface area contributed by atoms with Crippen LogP contribution in [0.1, 0.15) is 31.4 Å². The normalized spacial score (nSPS) is 24.4. The van der Waals surface area contributed by atoms with Gasteiger partial charge < -0.3 is 19.3 Å². The van der Waals surface area contributed by atoms with Crippen LogP contribution in [0.2, 0.25) is 0 Å². The van der Waals surface area contributed by atoms with E-state index in [9.17, 15) is 0 Å². The third-order valence-electron chi connectivity index (χ3n) is 4.88. The van der Waals surface area contributed by atoms with Gasteiger partial charge in [-0.05, 0) is 19.8 Å². The lowest BCUT2D eigenvalue weighted by atomic mass is 10.0. The third kappa shape index (κ3) is 2.65. The average Bonchev–Trinajstić information content (AvgIpc) is 3.19. The highest BCUT2D eigenvalue weighted by molar-refractivity contribution is 5.46. The number of aromatic nitrogens is 2. The van der Waals surface area contributed by atoms with Crippen LogP contribution < -0.4 is 9.80 Å². The standard InChI is InChI=1S/C16H24N4O2/c1-13-12-14(18-15(17-13)20-6-2-3-7-20)19-8-4-16(5-9-19)21-10-11-22-16/h12H,2-11H2,1H3. The van der Waals surface area contributed by atoms with E-state index in [4.69, 9.17) is 14.5 Å². The highest BCUT2D eigenvalue weighted by atomic mass is 16.7. The Morgan fingerprint density at radius 1 is 0.955 bits per heavy atom. The molecule has 120 valence electrons. The molecule has 3 aliphatic rings. The fourth-order valence-electron chi connectivity index (χ4n) is 3.62. The zero-order chi connectivity index (χ0) is 15.0. The van der Waals surface area contributed by atoms with Gasteiger partial charge in [0, 0.05) is 50.8 Å². The van der Waals surface area contributed by atoms with Crippen LogP contribution in [0.5, 0.6) is 0 Å². The van der Waals surface area contributed by atoms with Crippen LogP contribution in [-0.4, -0.2) is 55.1 Å². The summed E-state index contributed by atoms with van der Waals surface area (Å²) in [6, 6.07) is 2.09. The first-order valence-corrected chi connectivity index (χ1v) is 8.38. The van der Waals surface area contributed by atoms with Crippen molar-refractivity contribution in [1.82, 2.24) is 9.97 Å². The molecule has 22 heavy (non-hydrogen) atoms. The van der Waals surface area contributed by atoms with Gasteiger partial charge in [0.25, 0.3) is 0 Å². The van der Waals surface area contributed by atoms with Crippen molar-refractivity contribution in [3.8, 4) is 0 Å². The summed E-state index contributed by atoms with van der Waals surface area (Å²) in [7, 11) is 0. The van der Waals surface area contributed by atoms with Gasteiger partial charge in [-0.1, -0.05) is 0 Å². The van der Waals surface area contributed by atoms with E-state index in [1.54, 1.807) is 0 Å². The molecule has 4 heterocycles. The van der Waals surface area contributed by atoms with Crippen molar-refractivity contribution >= 4 is 11.8 Å². The summed E-state index contributed by atoms with van der Waals surface area (Å²) in [6.45, 7) is 7.52. The van der Waals surface area contributed by atoms with E-state index in [1.165, 1.54) is 12.8 Å². The fraction of sp³-hybridized carbons (Fsp3) is 0.750. The molecular weight excluding hydrogens is 280 g/mol. The molecule has 0 unspecified atom stereocenters. The zero-order valence-corrected chi connectivity index (χ0v) is 13.3. The number of hydrogen-bond donors (Lipinski definition) is 0. The highest BCUT2D eigenvalue weighted by Gasteiger charge is 2.40. The molecule has 0 amide bonds. The van der Waals surface area contributed by atoms with Gasteiger partial charge in [-0.15, -0.1) is 0 Å². The van der Waals surface area contributed by atoms with Gasteiger partial charge in [0.05, 0.1) is 13.2 Å². The van der Waals surface area contributed by atoms with Crippen LogP contribution >= 0.6 is 0 Å². The molecule has 1 aromatic rings. The zero-order valence-electron chi connectivity index (χ0n) is 13.3. The fourth-order valence-corrected chi connectivity index (χ4v) is 3.62. The van der Waals surface area contributed by atoms with Gasteiger partial charge in [0.1, 0.15) is 5.82 Å². The van der Waals surface area contributed by atoms with Crippen molar-refractivity contribution < 1.29 is 9.47 Å². The van der Waals surface area contributed by atoms with Crippen molar-refractivity contribution in [2.75, 3.05) is 49.2 Å². The summed E-state index contributed by atoms with van der Waals surface area (Å²) < 4.78 is 11.6. The molecule has 3 aliphatic heterocycles. The smallest absolute Gasteiger partial charge is 0.227 e. The van der Waals surface area contributed by atoms with Crippen molar-refractivity contribution in [2.24, 2.45) is 0 Å². The predicted molar refractivity (Wildman–Crippen MR) is 84.3 cm³/mol. The van der Waals surface area contributed by atoms with E-state index >= 15 is 0 Å². The molecule has 6 heteroatoms. The monoisotopic (exact) mass is 304 g/mol. The first-order valence-electron chi connectivity index (χ1n) is 8.38. The molecule has 0 N–H and O–H groups in total. The Bertz CT molecular complexity index is 529. The number of rotatable bonds is 2. The lowest BCUT2D eigenvalue weighted by Crippen LogP contribution is -2.45. The quantitative estimate of drug-likeness (QED) is 0.829. The number of hydrogen-bond acceptors (Lipinski definition) is 6. The summed E-state index contributed by atoms with van der Waals surface area (Å²) >= 11 is 0. The van der Waals surface area contributed by atoms with Crippen LogP contribution in [0, 0.1) is 6.92 Å². The van der Waals surface area contributed by atoms with Crippen molar-refractivity contribution in [2.45, 2.75) is 38.4 Å². The minimum absolute atomic E-state index is 0.323. The maximum absolute atomic E-state index is 5.80. The van der Waals surface area contributed by atoms with E-state index in [-0.39, 0.29) is 5.79 Å². The first-order chi connectivity index (χ1) is 10.7. The first kappa shape index (κ1) is 14.2. The average molecular weight is 304 g/mol. The predicted octanol–water partition coefficient (Wildman–Crippen LogP) is 1.73. The van der Waals surface area contributed by atoms with Gasteiger partial charge in [-0.2, -0.15) is 4.98 Å². The summed E-state index contributed by atoms with van der Waals surface area (Å²) in [5.41, 5.74) is 1.04. The van der Waals surface area contributed by atoms with E-state index in [0.29, 0.717) is 0 Å². The lowest BCUT2D eigenvalue weighted by Gasteiger charge is -2.38. The number of nitrogens with zero attached hydrogens (tertiary/aromatic N) is 4. The molecule has 3 saturated heterocycles. The molecule has 0 aliphatic carbocycles. The second kappa shape index (κ2) is 5.66. The van der Waals surface area contributed by atoms with Crippen LogP contribution in [0.25, 0.3) is 0 Å². The van der Waals surface area contributed by atoms with Crippen molar-refractivity contribution in [1.29, 1.82) is 0 Å². The van der Waals surface area contributed by atoms with Gasteiger partial charge in [-0.25, -0.2) is 4.98 Å². The topological polar surface area (TPSA) is 50.7 Å². The summed E-state index contributed by atoms with van der Waals surface area (Å²) in [5.74, 6) is 1.61. The largest absolute Gasteiger partial charge is 0.356 e. The number of aryl methyl sites for hydroxylation is 1. The lowest BCUT2D eigenvalue weighted by molar-refractivity contribution is -0.169. The van der Waals surface area contributed by atoms with E-state index in [0.717, 1.165) is 69.7 Å². The second-order valence-corrected chi connectivity index (χ2v) is 6.46. The molecule has 4 rings (SSSR count). The van der Waals surface area contributed by atoms with Crippen LogP contribution in [0.15, 0.2) is 6.07 Å². The molecule has 1 aromatic heterocycles. The molecule has 0 radical (unpaired) electrons. The summed E-state index contributed by atoms with van der Waals surface area (Å²) in [5, 5.41) is 0. The molecule has 0 bridgehead atoms. The van der Waals surface area contributed by atoms with Crippen LogP contribution in [0.3, 0.4) is 0 Å². The molecule has 0 saturated carbocycles. The second-order valence-electron chi connectivity index (χ2n) is 6.46. The Morgan fingerprint density at radius 2 is 1.64 bits per heavy atom. The minimum Gasteiger partial charge on any atom is -0.356 e. The van der Waals surface area contributed by atoms with E-state index in [1.807, 2.05) is 0 Å². The highest BCUT2D eigenvalue weighted by Crippen LogP contribution is 2.33. The van der Waals surface area contributed by atoms with E-state index < -0.39 is 0 Å². The molecular formula is C16H24N4O2. The Balaban J connectivity index is 1.50. The van der Waals surface area contributed by atoms with E-state index in [2.05, 4.69) is 27.8 Å². The third-order valence-corrected chi connectivity index (χ3v) is 4.88. The molecule has 0 aromatic carbocycles. The van der Waals surface area contributed by atoms with Crippen LogP contribution in [0.4, 0.5) is 11.8 Å². The van der Waals surface area contributed by atoms with Gasteiger partial charge in [0.15, 0.2) is 5.79 Å². The Hall–Kier alpha value is -1.40. The Labute approximate surface area is 131 Å². The number of ether oxygens (including phenoxy) is 2. The minimum atomic E-state index is -0.323. The molecule has 3 fully saturated rings. The summed E-state index contributed by atoms with van der Waals surface area (Å²) in [6.07, 6.45) is 4.31. The van der Waals surface area contributed by atoms with Crippen molar-refractivity contribution in [3.05, 3.63) is 11.8 Å². The van der Waals surface area contributed by atoms with Gasteiger partial charge in [-0.3, -0.25) is 0 Å². The van der Waals surface area contributed by atoms with Crippen molar-refractivity contribution in [3.63, 3.8) is 0 Å². The SMILES string of the molecule is Cc1cc(N2CCC3(CC2)OCCO3)nc(N2CCCC2)n1. The Kier molecular flexibility index (Phi) is 3.66. The maximum Gasteiger partial charge on any atom is 0.227 e.